The van der Waals surface area contributed by atoms with Gasteiger partial charge in [-0.05, 0) is 18.6 Å². The molecule has 1 aromatic heterocycles. The van der Waals surface area contributed by atoms with Crippen molar-refractivity contribution in [2.75, 3.05) is 32.6 Å². The number of anilines is 1. The average molecular weight is 330 g/mol. The zero-order valence-electron chi connectivity index (χ0n) is 14.2. The molecule has 1 fully saturated rings. The third kappa shape index (κ3) is 3.15. The number of rotatable bonds is 4. The zero-order chi connectivity index (χ0) is 17.1. The second-order valence-corrected chi connectivity index (χ2v) is 5.83. The number of nitrogens with zero attached hydrogens (tertiary/aromatic N) is 3. The van der Waals surface area contributed by atoms with E-state index in [-0.39, 0.29) is 11.9 Å². The van der Waals surface area contributed by atoms with Crippen molar-refractivity contribution >= 4 is 11.7 Å². The van der Waals surface area contributed by atoms with E-state index in [1.807, 2.05) is 22.7 Å². The highest BCUT2D eigenvalue weighted by Crippen LogP contribution is 2.30. The molecule has 0 spiro atoms. The number of aryl methyl sites for hydroxylation is 1. The summed E-state index contributed by atoms with van der Waals surface area (Å²) in [6, 6.07) is 5.21. The summed E-state index contributed by atoms with van der Waals surface area (Å²) in [6.07, 6.45) is 4.65. The van der Waals surface area contributed by atoms with Gasteiger partial charge in [0.15, 0.2) is 11.5 Å². The fraction of sp³-hybridized carbons (Fsp3) is 0.412. The van der Waals surface area contributed by atoms with E-state index in [1.54, 1.807) is 38.6 Å². The number of likely N-dealkylation sites (tertiary alicyclic amines) is 1. The molecule has 1 aliphatic rings. The van der Waals surface area contributed by atoms with Crippen molar-refractivity contribution in [1.82, 2.24) is 14.5 Å². The fourth-order valence-corrected chi connectivity index (χ4v) is 3.04. The average Bonchev–Trinajstić information content (AvgIpc) is 3.23. The molecule has 2 aromatic rings. The molecular weight excluding hydrogens is 308 g/mol. The number of aromatic nitrogens is 2. The molecule has 1 saturated heterocycles. The summed E-state index contributed by atoms with van der Waals surface area (Å²) < 4.78 is 12.5. The van der Waals surface area contributed by atoms with Gasteiger partial charge in [0.25, 0.3) is 0 Å². The number of hydrogen-bond donors (Lipinski definition) is 1. The van der Waals surface area contributed by atoms with Crippen LogP contribution < -0.4 is 14.8 Å². The molecular formula is C17H22N4O3. The largest absolute Gasteiger partial charge is 0.493 e. The molecule has 24 heavy (non-hydrogen) atoms. The van der Waals surface area contributed by atoms with Crippen LogP contribution in [0.4, 0.5) is 10.5 Å². The van der Waals surface area contributed by atoms with Gasteiger partial charge in [-0.15, -0.1) is 0 Å². The van der Waals surface area contributed by atoms with E-state index in [4.69, 9.17) is 9.47 Å². The Morgan fingerprint density at radius 1 is 1.29 bits per heavy atom. The molecule has 0 radical (unpaired) electrons. The fourth-order valence-electron chi connectivity index (χ4n) is 3.04. The lowest BCUT2D eigenvalue weighted by atomic mass is 10.1. The molecule has 7 heteroatoms. The van der Waals surface area contributed by atoms with Crippen LogP contribution in [-0.4, -0.2) is 47.8 Å². The number of benzene rings is 1. The van der Waals surface area contributed by atoms with Gasteiger partial charge in [0.2, 0.25) is 0 Å². The maximum atomic E-state index is 12.5. The molecule has 1 aromatic carbocycles. The molecule has 128 valence electrons. The molecule has 1 N–H and O–H groups in total. The molecule has 7 nitrogen and oxygen atoms in total. The SMILES string of the molecule is COc1ccc(NC(=O)N2CCC(c3nccn3C)C2)cc1OC. The summed E-state index contributed by atoms with van der Waals surface area (Å²) in [5.74, 6) is 2.52. The summed E-state index contributed by atoms with van der Waals surface area (Å²) >= 11 is 0. The highest BCUT2D eigenvalue weighted by atomic mass is 16.5. The van der Waals surface area contributed by atoms with Crippen LogP contribution in [0.3, 0.4) is 0 Å². The van der Waals surface area contributed by atoms with Gasteiger partial charge >= 0.3 is 6.03 Å². The van der Waals surface area contributed by atoms with Gasteiger partial charge in [-0.2, -0.15) is 0 Å². The molecule has 2 heterocycles. The minimum Gasteiger partial charge on any atom is -0.493 e. The lowest BCUT2D eigenvalue weighted by Crippen LogP contribution is -2.33. The van der Waals surface area contributed by atoms with E-state index in [9.17, 15) is 4.79 Å². The first-order chi connectivity index (χ1) is 11.6. The minimum absolute atomic E-state index is 0.112. The summed E-state index contributed by atoms with van der Waals surface area (Å²) in [4.78, 5) is 18.7. The Bertz CT molecular complexity index is 728. The number of ether oxygens (including phenoxy) is 2. The van der Waals surface area contributed by atoms with E-state index >= 15 is 0 Å². The number of nitrogens with one attached hydrogen (secondary N) is 1. The standard InChI is InChI=1S/C17H22N4O3/c1-20-9-7-18-16(20)12-6-8-21(11-12)17(22)19-13-4-5-14(23-2)15(10-13)24-3/h4-5,7,9-10,12H,6,8,11H2,1-3H3,(H,19,22). The first kappa shape index (κ1) is 16.2. The van der Waals surface area contributed by atoms with E-state index in [0.717, 1.165) is 18.8 Å². The van der Waals surface area contributed by atoms with E-state index in [1.165, 1.54) is 0 Å². The van der Waals surface area contributed by atoms with Crippen LogP contribution in [0.15, 0.2) is 30.6 Å². The monoisotopic (exact) mass is 330 g/mol. The van der Waals surface area contributed by atoms with Crippen LogP contribution in [-0.2, 0) is 7.05 Å². The highest BCUT2D eigenvalue weighted by Gasteiger charge is 2.29. The van der Waals surface area contributed by atoms with Crippen molar-refractivity contribution in [1.29, 1.82) is 0 Å². The van der Waals surface area contributed by atoms with Crippen LogP contribution in [0.5, 0.6) is 11.5 Å². The van der Waals surface area contributed by atoms with Crippen LogP contribution in [0.25, 0.3) is 0 Å². The smallest absolute Gasteiger partial charge is 0.321 e. The Labute approximate surface area is 141 Å². The van der Waals surface area contributed by atoms with Crippen LogP contribution in [0.2, 0.25) is 0 Å². The summed E-state index contributed by atoms with van der Waals surface area (Å²) in [5.41, 5.74) is 0.679. The third-order valence-electron chi connectivity index (χ3n) is 4.33. The molecule has 3 rings (SSSR count). The molecule has 1 aliphatic heterocycles. The summed E-state index contributed by atoms with van der Waals surface area (Å²) in [7, 11) is 5.13. The minimum atomic E-state index is -0.112. The first-order valence-corrected chi connectivity index (χ1v) is 7.87. The van der Waals surface area contributed by atoms with Gasteiger partial charge in [-0.25, -0.2) is 9.78 Å². The predicted molar refractivity (Wildman–Crippen MR) is 90.7 cm³/mol. The third-order valence-corrected chi connectivity index (χ3v) is 4.33. The summed E-state index contributed by atoms with van der Waals surface area (Å²) in [6.45, 7) is 1.39. The summed E-state index contributed by atoms with van der Waals surface area (Å²) in [5, 5.41) is 2.91. The van der Waals surface area contributed by atoms with Crippen molar-refractivity contribution in [3.8, 4) is 11.5 Å². The number of amides is 2. The number of carbonyl (C=O) groups excluding carboxylic acids is 1. The molecule has 0 bridgehead atoms. The van der Waals surface area contributed by atoms with E-state index in [2.05, 4.69) is 10.3 Å². The van der Waals surface area contributed by atoms with Crippen molar-refractivity contribution < 1.29 is 14.3 Å². The lowest BCUT2D eigenvalue weighted by molar-refractivity contribution is 0.222. The van der Waals surface area contributed by atoms with Gasteiger partial charge in [-0.1, -0.05) is 0 Å². The van der Waals surface area contributed by atoms with Crippen molar-refractivity contribution in [3.63, 3.8) is 0 Å². The Balaban J connectivity index is 1.65. The number of carbonyl (C=O) groups is 1. The van der Waals surface area contributed by atoms with Gasteiger partial charge in [0.05, 0.1) is 14.2 Å². The number of hydrogen-bond acceptors (Lipinski definition) is 4. The first-order valence-electron chi connectivity index (χ1n) is 7.87. The van der Waals surface area contributed by atoms with Crippen molar-refractivity contribution in [3.05, 3.63) is 36.4 Å². The zero-order valence-corrected chi connectivity index (χ0v) is 14.2. The molecule has 1 atom stereocenters. The van der Waals surface area contributed by atoms with E-state index < -0.39 is 0 Å². The second kappa shape index (κ2) is 6.82. The van der Waals surface area contributed by atoms with Crippen LogP contribution in [0, 0.1) is 0 Å². The van der Waals surface area contributed by atoms with Gasteiger partial charge in [0.1, 0.15) is 5.82 Å². The Kier molecular flexibility index (Phi) is 4.59. The van der Waals surface area contributed by atoms with Crippen molar-refractivity contribution in [2.24, 2.45) is 7.05 Å². The van der Waals surface area contributed by atoms with Gasteiger partial charge < -0.3 is 24.3 Å². The van der Waals surface area contributed by atoms with Gasteiger partial charge in [-0.3, -0.25) is 0 Å². The highest BCUT2D eigenvalue weighted by molar-refractivity contribution is 5.90. The topological polar surface area (TPSA) is 68.6 Å². The van der Waals surface area contributed by atoms with Crippen molar-refractivity contribution in [2.45, 2.75) is 12.3 Å². The maximum Gasteiger partial charge on any atom is 0.321 e. The predicted octanol–water partition coefficient (Wildman–Crippen LogP) is 2.46. The Morgan fingerprint density at radius 2 is 2.08 bits per heavy atom. The molecule has 1 unspecified atom stereocenters. The number of methoxy groups -OCH3 is 2. The van der Waals surface area contributed by atoms with Crippen LogP contribution in [0.1, 0.15) is 18.2 Å². The molecule has 2 amide bonds. The quantitative estimate of drug-likeness (QED) is 0.935. The maximum absolute atomic E-state index is 12.5. The number of imidazole rings is 1. The Hall–Kier alpha value is -2.70. The Morgan fingerprint density at radius 3 is 2.75 bits per heavy atom. The van der Waals surface area contributed by atoms with Gasteiger partial charge in [0, 0.05) is 50.2 Å². The second-order valence-electron chi connectivity index (χ2n) is 5.83. The normalized spacial score (nSPS) is 17.0. The van der Waals surface area contributed by atoms with Crippen LogP contribution >= 0.6 is 0 Å². The molecule has 0 saturated carbocycles. The lowest BCUT2D eigenvalue weighted by Gasteiger charge is -2.18. The molecule has 0 aliphatic carbocycles. The van der Waals surface area contributed by atoms with E-state index in [0.29, 0.717) is 23.7 Å². The number of urea groups is 1.